The van der Waals surface area contributed by atoms with Gasteiger partial charge in [0.15, 0.2) is 5.69 Å². The SMILES string of the molecule is CCOC(=O)C1CCN(C(=O)C2Cc3cc([NH+]([O-])O)ccc3N3CC4CC(Cn5c4cccc5=O)C23)CC1. The summed E-state index contributed by atoms with van der Waals surface area (Å²) < 4.78 is 7.07. The summed E-state index contributed by atoms with van der Waals surface area (Å²) in [7, 11) is 0. The number of amides is 1. The first-order valence-electron chi connectivity index (χ1n) is 13.6. The third-order valence-electron chi connectivity index (χ3n) is 9.00. The first-order chi connectivity index (χ1) is 18.4. The van der Waals surface area contributed by atoms with E-state index in [2.05, 4.69) is 4.90 Å². The number of anilines is 1. The molecule has 2 fully saturated rings. The van der Waals surface area contributed by atoms with E-state index in [0.717, 1.165) is 23.4 Å². The molecule has 5 atom stereocenters. The predicted molar refractivity (Wildman–Crippen MR) is 138 cm³/mol. The van der Waals surface area contributed by atoms with E-state index in [-0.39, 0.29) is 52.8 Å². The van der Waals surface area contributed by atoms with Crippen molar-refractivity contribution in [3.8, 4) is 0 Å². The van der Waals surface area contributed by atoms with Crippen LogP contribution in [0.2, 0.25) is 0 Å². The molecule has 1 aromatic carbocycles. The average Bonchev–Trinajstić information content (AvgIpc) is 2.92. The molecular weight excluding hydrogens is 488 g/mol. The Morgan fingerprint density at radius 1 is 1.16 bits per heavy atom. The number of esters is 1. The molecule has 2 N–H and O–H groups in total. The van der Waals surface area contributed by atoms with Crippen LogP contribution in [0.1, 0.15) is 43.4 Å². The molecular formula is C28H34N4O6. The number of carbonyl (C=O) groups excluding carboxylic acids is 2. The number of nitrogens with one attached hydrogen (secondary N) is 1. The topological polar surface area (TPSA) is 120 Å². The van der Waals surface area contributed by atoms with Crippen molar-refractivity contribution < 1.29 is 24.8 Å². The molecule has 5 heterocycles. The second kappa shape index (κ2) is 9.83. The third kappa shape index (κ3) is 4.20. The van der Waals surface area contributed by atoms with Crippen molar-refractivity contribution in [3.05, 3.63) is 63.2 Å². The lowest BCUT2D eigenvalue weighted by Crippen LogP contribution is -2.99. The van der Waals surface area contributed by atoms with Gasteiger partial charge in [-0.1, -0.05) is 6.07 Å². The smallest absolute Gasteiger partial charge is 0.309 e. The van der Waals surface area contributed by atoms with Crippen molar-refractivity contribution >= 4 is 23.3 Å². The Morgan fingerprint density at radius 3 is 2.68 bits per heavy atom. The summed E-state index contributed by atoms with van der Waals surface area (Å²) in [5.74, 6) is -0.378. The van der Waals surface area contributed by atoms with Crippen molar-refractivity contribution in [2.45, 2.75) is 51.1 Å². The van der Waals surface area contributed by atoms with Gasteiger partial charge in [0.05, 0.1) is 18.4 Å². The second-order valence-corrected chi connectivity index (χ2v) is 11.0. The second-order valence-electron chi connectivity index (χ2n) is 11.0. The maximum Gasteiger partial charge on any atom is 0.309 e. The monoisotopic (exact) mass is 522 g/mol. The lowest BCUT2D eigenvalue weighted by Gasteiger charge is -2.54. The highest BCUT2D eigenvalue weighted by molar-refractivity contribution is 5.83. The highest BCUT2D eigenvalue weighted by atomic mass is 16.8. The number of pyridine rings is 1. The average molecular weight is 523 g/mol. The van der Waals surface area contributed by atoms with Crippen LogP contribution in [0.25, 0.3) is 0 Å². The molecule has 10 nitrogen and oxygen atoms in total. The minimum Gasteiger partial charge on any atom is -0.595 e. The van der Waals surface area contributed by atoms with Crippen LogP contribution < -0.4 is 15.7 Å². The summed E-state index contributed by atoms with van der Waals surface area (Å²) in [4.78, 5) is 43.3. The first-order valence-corrected chi connectivity index (χ1v) is 13.6. The first kappa shape index (κ1) is 25.1. The number of likely N-dealkylation sites (tertiary alicyclic amines) is 1. The van der Waals surface area contributed by atoms with Gasteiger partial charge >= 0.3 is 5.97 Å². The molecule has 0 spiro atoms. The van der Waals surface area contributed by atoms with E-state index >= 15 is 0 Å². The molecule has 2 saturated heterocycles. The van der Waals surface area contributed by atoms with Gasteiger partial charge in [-0.25, -0.2) is 5.21 Å². The van der Waals surface area contributed by atoms with Crippen LogP contribution in [-0.4, -0.2) is 58.8 Å². The number of rotatable bonds is 4. The van der Waals surface area contributed by atoms with E-state index in [1.165, 1.54) is 0 Å². The largest absolute Gasteiger partial charge is 0.595 e. The van der Waals surface area contributed by atoms with Crippen LogP contribution in [0, 0.1) is 23.0 Å². The normalized spacial score (nSPS) is 27.1. The maximum absolute atomic E-state index is 14.1. The Kier molecular flexibility index (Phi) is 6.49. The van der Waals surface area contributed by atoms with E-state index in [9.17, 15) is 24.8 Å². The van der Waals surface area contributed by atoms with Crippen LogP contribution in [-0.2, 0) is 27.3 Å². The van der Waals surface area contributed by atoms with Gasteiger partial charge < -0.3 is 24.3 Å². The van der Waals surface area contributed by atoms with Gasteiger partial charge in [-0.2, -0.15) is 5.23 Å². The van der Waals surface area contributed by atoms with E-state index in [0.29, 0.717) is 52.0 Å². The minimum atomic E-state index is -0.984. The van der Waals surface area contributed by atoms with E-state index in [4.69, 9.17) is 4.74 Å². The van der Waals surface area contributed by atoms with Gasteiger partial charge in [-0.15, -0.1) is 0 Å². The lowest BCUT2D eigenvalue weighted by molar-refractivity contribution is -0.991. The summed E-state index contributed by atoms with van der Waals surface area (Å²) in [6.07, 6.45) is 2.55. The number of aromatic nitrogens is 1. The molecule has 5 unspecified atom stereocenters. The van der Waals surface area contributed by atoms with Crippen molar-refractivity contribution in [1.82, 2.24) is 9.47 Å². The number of fused-ring (bicyclic) bond motifs is 8. The quantitative estimate of drug-likeness (QED) is 0.458. The number of nitrogens with zero attached hydrogens (tertiary/aromatic N) is 3. The summed E-state index contributed by atoms with van der Waals surface area (Å²) in [5.41, 5.74) is 3.12. The predicted octanol–water partition coefficient (Wildman–Crippen LogP) is 1.22. The standard InChI is InChI=1S/C28H34N4O6/c1-2-38-28(35)17-8-10-29(11-9-17)27(34)22-14-18-13-21(32(36)37)6-7-24(18)31-15-19-12-20(26(22)31)16-30-23(19)4-3-5-25(30)33/h3-7,13,17,19-20,22,26,32,36H,2,8-12,14-16H2,1H3. The highest BCUT2D eigenvalue weighted by Gasteiger charge is 2.50. The molecule has 1 amide bonds. The molecule has 0 aliphatic carbocycles. The van der Waals surface area contributed by atoms with E-state index < -0.39 is 5.23 Å². The fourth-order valence-electron chi connectivity index (χ4n) is 7.30. The number of piperidine rings is 2. The summed E-state index contributed by atoms with van der Waals surface area (Å²) >= 11 is 0. The van der Waals surface area contributed by atoms with Gasteiger partial charge in [0.25, 0.3) is 5.56 Å². The van der Waals surface area contributed by atoms with Crippen molar-refractivity contribution in [1.29, 1.82) is 0 Å². The van der Waals surface area contributed by atoms with Crippen molar-refractivity contribution in [2.24, 2.45) is 17.8 Å². The van der Waals surface area contributed by atoms with E-state index in [1.807, 2.05) is 27.7 Å². The maximum atomic E-state index is 14.1. The number of quaternary nitrogens is 1. The Hall–Kier alpha value is -3.21. The zero-order valence-electron chi connectivity index (χ0n) is 21.5. The summed E-state index contributed by atoms with van der Waals surface area (Å²) in [6.45, 7) is 4.41. The molecule has 10 heteroatoms. The minimum absolute atomic E-state index is 0.00289. The molecule has 0 saturated carbocycles. The molecule has 202 valence electrons. The number of carbonyl (C=O) groups is 2. The van der Waals surface area contributed by atoms with Gasteiger partial charge in [0.1, 0.15) is 0 Å². The van der Waals surface area contributed by atoms with Crippen molar-refractivity contribution in [3.63, 3.8) is 0 Å². The fraction of sp³-hybridized carbons (Fsp3) is 0.536. The Labute approximate surface area is 220 Å². The Bertz CT molecular complexity index is 1300. The van der Waals surface area contributed by atoms with Crippen molar-refractivity contribution in [2.75, 3.05) is 31.1 Å². The highest BCUT2D eigenvalue weighted by Crippen LogP contribution is 2.48. The van der Waals surface area contributed by atoms with Crippen LogP contribution in [0.3, 0.4) is 0 Å². The lowest BCUT2D eigenvalue weighted by atomic mass is 9.69. The van der Waals surface area contributed by atoms with Crippen LogP contribution >= 0.6 is 0 Å². The van der Waals surface area contributed by atoms with Gasteiger partial charge in [-0.05, 0) is 56.2 Å². The summed E-state index contributed by atoms with van der Waals surface area (Å²) in [6, 6.07) is 10.6. The van der Waals surface area contributed by atoms with E-state index in [1.54, 1.807) is 25.1 Å². The summed E-state index contributed by atoms with van der Waals surface area (Å²) in [5, 5.41) is 20.4. The number of hydrogen-bond donors (Lipinski definition) is 2. The molecule has 2 bridgehead atoms. The zero-order valence-corrected chi connectivity index (χ0v) is 21.5. The molecule has 0 radical (unpaired) electrons. The Morgan fingerprint density at radius 2 is 1.95 bits per heavy atom. The van der Waals surface area contributed by atoms with Gasteiger partial charge in [0, 0.05) is 67.7 Å². The molecule has 38 heavy (non-hydrogen) atoms. The molecule has 2 aromatic rings. The van der Waals surface area contributed by atoms with Crippen LogP contribution in [0.4, 0.5) is 11.4 Å². The molecule has 4 aliphatic heterocycles. The third-order valence-corrected chi connectivity index (χ3v) is 9.00. The molecule has 6 rings (SSSR count). The van der Waals surface area contributed by atoms with Crippen LogP contribution in [0.5, 0.6) is 0 Å². The van der Waals surface area contributed by atoms with Gasteiger partial charge in [-0.3, -0.25) is 14.4 Å². The Balaban J connectivity index is 1.33. The zero-order chi connectivity index (χ0) is 26.6. The number of benzene rings is 1. The van der Waals surface area contributed by atoms with Gasteiger partial charge in [0.2, 0.25) is 5.91 Å². The fourth-order valence-corrected chi connectivity index (χ4v) is 7.30. The number of hydrogen-bond acceptors (Lipinski definition) is 7. The number of ether oxygens (including phenoxy) is 1. The van der Waals surface area contributed by atoms with Crippen LogP contribution in [0.15, 0.2) is 41.2 Å². The molecule has 4 aliphatic rings. The molecule has 1 aromatic heterocycles.